The summed E-state index contributed by atoms with van der Waals surface area (Å²) in [6.07, 6.45) is 3.72. The Kier molecular flexibility index (Phi) is 4.99. The lowest BCUT2D eigenvalue weighted by Gasteiger charge is -2.10. The molecule has 0 spiro atoms. The molecular formula is C13H17ClN2O3. The van der Waals surface area contributed by atoms with Crippen molar-refractivity contribution in [3.05, 3.63) is 33.7 Å². The highest BCUT2D eigenvalue weighted by molar-refractivity contribution is 6.30. The number of rotatable bonds is 5. The molecule has 1 aromatic rings. The third-order valence-electron chi connectivity index (χ3n) is 3.04. The fraction of sp³-hybridized carbons (Fsp3) is 0.538. The largest absolute Gasteiger partial charge is 0.368 e. The Hall–Kier alpha value is -1.33. The van der Waals surface area contributed by atoms with Crippen LogP contribution in [-0.2, 0) is 16.1 Å². The summed E-state index contributed by atoms with van der Waals surface area (Å²) in [4.78, 5) is 23.2. The number of ether oxygens (including phenoxy) is 1. The summed E-state index contributed by atoms with van der Waals surface area (Å²) < 4.78 is 6.82. The molecule has 1 fully saturated rings. The van der Waals surface area contributed by atoms with Gasteiger partial charge in [-0.05, 0) is 25.3 Å². The van der Waals surface area contributed by atoms with Crippen molar-refractivity contribution in [2.45, 2.75) is 31.9 Å². The van der Waals surface area contributed by atoms with E-state index < -0.39 is 0 Å². The third-order valence-corrected chi connectivity index (χ3v) is 3.27. The third kappa shape index (κ3) is 4.08. The van der Waals surface area contributed by atoms with Crippen LogP contribution in [0.4, 0.5) is 0 Å². The first-order valence-corrected chi connectivity index (χ1v) is 6.80. The molecule has 2 rings (SSSR count). The minimum atomic E-state index is -0.297. The second-order valence-corrected chi connectivity index (χ2v) is 4.96. The van der Waals surface area contributed by atoms with E-state index in [9.17, 15) is 9.59 Å². The smallest absolute Gasteiger partial charge is 0.250 e. The first kappa shape index (κ1) is 14.1. The number of aromatic nitrogens is 1. The maximum absolute atomic E-state index is 11.7. The highest BCUT2D eigenvalue weighted by atomic mass is 35.5. The molecule has 1 saturated heterocycles. The number of carbonyl (C=O) groups excluding carboxylic acids is 1. The Morgan fingerprint density at radius 3 is 3.11 bits per heavy atom. The monoisotopic (exact) mass is 284 g/mol. The number of halogens is 1. The SMILES string of the molecule is O=C(NCCCn1cc(Cl)ccc1=O)C1CCCO1. The first-order valence-electron chi connectivity index (χ1n) is 6.42. The first-order chi connectivity index (χ1) is 9.16. The molecule has 1 amide bonds. The van der Waals surface area contributed by atoms with Crippen LogP contribution in [-0.4, -0.2) is 29.7 Å². The van der Waals surface area contributed by atoms with Crippen molar-refractivity contribution in [3.63, 3.8) is 0 Å². The van der Waals surface area contributed by atoms with Crippen molar-refractivity contribution >= 4 is 17.5 Å². The van der Waals surface area contributed by atoms with Crippen LogP contribution < -0.4 is 10.9 Å². The van der Waals surface area contributed by atoms with Crippen LogP contribution in [0.5, 0.6) is 0 Å². The van der Waals surface area contributed by atoms with Crippen LogP contribution >= 0.6 is 11.6 Å². The Balaban J connectivity index is 1.73. The van der Waals surface area contributed by atoms with Crippen LogP contribution in [0.25, 0.3) is 0 Å². The van der Waals surface area contributed by atoms with Gasteiger partial charge in [-0.2, -0.15) is 0 Å². The molecule has 104 valence electrons. The molecule has 0 saturated carbocycles. The molecule has 0 radical (unpaired) electrons. The summed E-state index contributed by atoms with van der Waals surface area (Å²) in [5.74, 6) is -0.0593. The summed E-state index contributed by atoms with van der Waals surface area (Å²) >= 11 is 5.82. The van der Waals surface area contributed by atoms with Gasteiger partial charge < -0.3 is 14.6 Å². The van der Waals surface area contributed by atoms with Gasteiger partial charge in [-0.25, -0.2) is 0 Å². The predicted molar refractivity (Wildman–Crippen MR) is 72.3 cm³/mol. The van der Waals surface area contributed by atoms with E-state index in [0.717, 1.165) is 12.8 Å². The van der Waals surface area contributed by atoms with Crippen LogP contribution in [0.1, 0.15) is 19.3 Å². The number of hydrogen-bond donors (Lipinski definition) is 1. The van der Waals surface area contributed by atoms with Crippen molar-refractivity contribution in [1.82, 2.24) is 9.88 Å². The zero-order valence-electron chi connectivity index (χ0n) is 10.6. The average Bonchev–Trinajstić information content (AvgIpc) is 2.92. The molecule has 1 aliphatic heterocycles. The number of aryl methyl sites for hydroxylation is 1. The fourth-order valence-corrected chi connectivity index (χ4v) is 2.22. The van der Waals surface area contributed by atoms with Gasteiger partial charge in [0, 0.05) is 32.0 Å². The Bertz CT molecular complexity index is 495. The standard InChI is InChI=1S/C13H17ClN2O3/c14-10-4-5-12(17)16(9-10)7-2-6-15-13(18)11-3-1-8-19-11/h4-5,9,11H,1-3,6-8H2,(H,15,18). The molecule has 1 unspecified atom stereocenters. The van der Waals surface area contributed by atoms with Crippen LogP contribution in [0.15, 0.2) is 23.1 Å². The summed E-state index contributed by atoms with van der Waals surface area (Å²) in [7, 11) is 0. The molecule has 1 aliphatic rings. The second kappa shape index (κ2) is 6.73. The lowest BCUT2D eigenvalue weighted by Crippen LogP contribution is -2.35. The zero-order chi connectivity index (χ0) is 13.7. The predicted octanol–water partition coefficient (Wildman–Crippen LogP) is 1.19. The van der Waals surface area contributed by atoms with Crippen molar-refractivity contribution in [1.29, 1.82) is 0 Å². The fourth-order valence-electron chi connectivity index (χ4n) is 2.04. The lowest BCUT2D eigenvalue weighted by atomic mass is 10.2. The van der Waals surface area contributed by atoms with Gasteiger partial charge >= 0.3 is 0 Å². The molecule has 0 bridgehead atoms. The van der Waals surface area contributed by atoms with E-state index >= 15 is 0 Å². The van der Waals surface area contributed by atoms with Crippen LogP contribution in [0.2, 0.25) is 5.02 Å². The maximum Gasteiger partial charge on any atom is 0.250 e. The Labute approximate surface area is 116 Å². The van der Waals surface area contributed by atoms with E-state index in [2.05, 4.69) is 5.32 Å². The van der Waals surface area contributed by atoms with Crippen molar-refractivity contribution in [3.8, 4) is 0 Å². The summed E-state index contributed by atoms with van der Waals surface area (Å²) in [6.45, 7) is 1.72. The number of nitrogens with zero attached hydrogens (tertiary/aromatic N) is 1. The highest BCUT2D eigenvalue weighted by Crippen LogP contribution is 2.11. The normalized spacial score (nSPS) is 18.5. The Morgan fingerprint density at radius 1 is 1.53 bits per heavy atom. The second-order valence-electron chi connectivity index (χ2n) is 4.53. The Morgan fingerprint density at radius 2 is 2.37 bits per heavy atom. The minimum Gasteiger partial charge on any atom is -0.368 e. The lowest BCUT2D eigenvalue weighted by molar-refractivity contribution is -0.130. The quantitative estimate of drug-likeness (QED) is 0.826. The van der Waals surface area contributed by atoms with Gasteiger partial charge in [-0.1, -0.05) is 11.6 Å². The van der Waals surface area contributed by atoms with E-state index in [4.69, 9.17) is 16.3 Å². The van der Waals surface area contributed by atoms with Crippen molar-refractivity contribution in [2.75, 3.05) is 13.2 Å². The zero-order valence-corrected chi connectivity index (χ0v) is 11.4. The molecule has 19 heavy (non-hydrogen) atoms. The van der Waals surface area contributed by atoms with E-state index in [0.29, 0.717) is 31.1 Å². The molecule has 0 aromatic carbocycles. The minimum absolute atomic E-state index is 0.0593. The molecule has 1 atom stereocenters. The molecule has 1 N–H and O–H groups in total. The summed E-state index contributed by atoms with van der Waals surface area (Å²) in [6, 6.07) is 3.01. The molecule has 2 heterocycles. The van der Waals surface area contributed by atoms with Gasteiger partial charge in [0.05, 0.1) is 5.02 Å². The molecule has 6 heteroatoms. The topological polar surface area (TPSA) is 60.3 Å². The van der Waals surface area contributed by atoms with E-state index in [1.165, 1.54) is 6.07 Å². The number of carbonyl (C=O) groups is 1. The van der Waals surface area contributed by atoms with Gasteiger partial charge in [0.2, 0.25) is 5.91 Å². The number of hydrogen-bond acceptors (Lipinski definition) is 3. The van der Waals surface area contributed by atoms with Crippen LogP contribution in [0.3, 0.4) is 0 Å². The molecule has 1 aromatic heterocycles. The summed E-state index contributed by atoms with van der Waals surface area (Å²) in [5.41, 5.74) is -0.0881. The number of nitrogens with one attached hydrogen (secondary N) is 1. The van der Waals surface area contributed by atoms with Crippen LogP contribution in [0, 0.1) is 0 Å². The van der Waals surface area contributed by atoms with Gasteiger partial charge in [0.1, 0.15) is 6.10 Å². The summed E-state index contributed by atoms with van der Waals surface area (Å²) in [5, 5.41) is 3.35. The molecule has 5 nitrogen and oxygen atoms in total. The number of amides is 1. The van der Waals surface area contributed by atoms with Gasteiger partial charge in [0.25, 0.3) is 5.56 Å². The highest BCUT2D eigenvalue weighted by Gasteiger charge is 2.22. The van der Waals surface area contributed by atoms with E-state index in [1.807, 2.05) is 0 Å². The van der Waals surface area contributed by atoms with Crippen molar-refractivity contribution < 1.29 is 9.53 Å². The van der Waals surface area contributed by atoms with E-state index in [-0.39, 0.29) is 17.6 Å². The maximum atomic E-state index is 11.7. The van der Waals surface area contributed by atoms with Gasteiger partial charge in [-0.15, -0.1) is 0 Å². The van der Waals surface area contributed by atoms with E-state index in [1.54, 1.807) is 16.8 Å². The number of pyridine rings is 1. The van der Waals surface area contributed by atoms with Crippen molar-refractivity contribution in [2.24, 2.45) is 0 Å². The average molecular weight is 285 g/mol. The molecule has 0 aliphatic carbocycles. The molecular weight excluding hydrogens is 268 g/mol. The van der Waals surface area contributed by atoms with Gasteiger partial charge in [-0.3, -0.25) is 9.59 Å². The van der Waals surface area contributed by atoms with Gasteiger partial charge in [0.15, 0.2) is 0 Å².